The molecule has 2 fully saturated rings. The van der Waals surface area contributed by atoms with Crippen molar-refractivity contribution in [2.45, 2.75) is 31.7 Å². The molecule has 3 aromatic rings. The zero-order chi connectivity index (χ0) is 28.1. The van der Waals surface area contributed by atoms with Crippen molar-refractivity contribution in [2.75, 3.05) is 44.9 Å². The predicted octanol–water partition coefficient (Wildman–Crippen LogP) is 3.64. The maximum atomic E-state index is 13.9. The van der Waals surface area contributed by atoms with Crippen molar-refractivity contribution in [1.82, 2.24) is 15.1 Å². The van der Waals surface area contributed by atoms with Gasteiger partial charge in [0.25, 0.3) is 11.8 Å². The quantitative estimate of drug-likeness (QED) is 0.472. The molecule has 8 nitrogen and oxygen atoms in total. The molecule has 0 saturated carbocycles. The molecule has 40 heavy (non-hydrogen) atoms. The Kier molecular flexibility index (Phi) is 8.05. The van der Waals surface area contributed by atoms with Crippen molar-refractivity contribution in [1.29, 1.82) is 0 Å². The van der Waals surface area contributed by atoms with E-state index in [1.165, 1.54) is 0 Å². The topological polar surface area (TPSA) is 82.2 Å². The minimum absolute atomic E-state index is 0.0121. The zero-order valence-electron chi connectivity index (χ0n) is 23.1. The number of para-hydroxylation sites is 2. The van der Waals surface area contributed by atoms with Crippen molar-refractivity contribution in [2.24, 2.45) is 0 Å². The molecule has 2 saturated heterocycles. The van der Waals surface area contributed by atoms with Crippen molar-refractivity contribution in [3.8, 4) is 5.75 Å². The number of carbonyl (C=O) groups is 3. The summed E-state index contributed by atoms with van der Waals surface area (Å²) in [4.78, 5) is 45.6. The van der Waals surface area contributed by atoms with Gasteiger partial charge in [0.05, 0.1) is 13.8 Å². The molecule has 5 rings (SSSR count). The number of benzene rings is 3. The standard InChI is InChI=1S/C32H36N4O4/c1-24-12-14-26(15-13-24)30(38)34-20-17-32(18-21-34)31(39)35(23-36(32)27-9-4-3-5-10-27)22-29(37)33-19-16-25-8-6-7-11-28(25)40-2/h3-15H,16-23H2,1-2H3,(H,33,37). The highest BCUT2D eigenvalue weighted by molar-refractivity contribution is 5.97. The van der Waals surface area contributed by atoms with E-state index in [9.17, 15) is 14.4 Å². The number of nitrogens with zero attached hydrogens (tertiary/aromatic N) is 3. The number of nitrogens with one attached hydrogen (secondary N) is 1. The Bertz CT molecular complexity index is 1350. The molecule has 0 unspecified atom stereocenters. The fourth-order valence-corrected chi connectivity index (χ4v) is 5.76. The van der Waals surface area contributed by atoms with Gasteiger partial charge in [-0.2, -0.15) is 0 Å². The van der Waals surface area contributed by atoms with Crippen LogP contribution in [0.4, 0.5) is 5.69 Å². The Morgan fingerprint density at radius 1 is 0.925 bits per heavy atom. The van der Waals surface area contributed by atoms with E-state index in [1.54, 1.807) is 12.0 Å². The monoisotopic (exact) mass is 540 g/mol. The Morgan fingerprint density at radius 2 is 1.60 bits per heavy atom. The van der Waals surface area contributed by atoms with Gasteiger partial charge in [-0.1, -0.05) is 54.1 Å². The summed E-state index contributed by atoms with van der Waals surface area (Å²) in [6.45, 7) is 3.71. The van der Waals surface area contributed by atoms with Crippen LogP contribution in [0.15, 0.2) is 78.9 Å². The van der Waals surface area contributed by atoms with Crippen molar-refractivity contribution >= 4 is 23.4 Å². The third kappa shape index (κ3) is 5.52. The Hall–Kier alpha value is -4.33. The van der Waals surface area contributed by atoms with Crippen LogP contribution in [0, 0.1) is 6.92 Å². The Morgan fingerprint density at radius 3 is 2.30 bits per heavy atom. The van der Waals surface area contributed by atoms with Crippen LogP contribution in [-0.2, 0) is 16.0 Å². The Balaban J connectivity index is 1.26. The molecule has 1 spiro atoms. The Labute approximate surface area is 235 Å². The van der Waals surface area contributed by atoms with Gasteiger partial charge < -0.3 is 24.8 Å². The lowest BCUT2D eigenvalue weighted by Gasteiger charge is -2.43. The van der Waals surface area contributed by atoms with Crippen LogP contribution in [0.1, 0.15) is 34.3 Å². The first-order valence-electron chi connectivity index (χ1n) is 13.8. The van der Waals surface area contributed by atoms with Gasteiger partial charge in [-0.05, 0) is 62.1 Å². The molecule has 2 aliphatic heterocycles. The first-order chi connectivity index (χ1) is 19.4. The lowest BCUT2D eigenvalue weighted by atomic mass is 9.85. The summed E-state index contributed by atoms with van der Waals surface area (Å²) >= 11 is 0. The lowest BCUT2D eigenvalue weighted by Crippen LogP contribution is -2.57. The molecule has 0 aromatic heterocycles. The van der Waals surface area contributed by atoms with Gasteiger partial charge in [-0.3, -0.25) is 14.4 Å². The fourth-order valence-electron chi connectivity index (χ4n) is 5.76. The minimum Gasteiger partial charge on any atom is -0.496 e. The number of hydrogen-bond donors (Lipinski definition) is 1. The summed E-state index contributed by atoms with van der Waals surface area (Å²) < 4.78 is 5.40. The molecule has 0 aliphatic carbocycles. The first kappa shape index (κ1) is 27.2. The number of carbonyl (C=O) groups excluding carboxylic acids is 3. The van der Waals surface area contributed by atoms with Gasteiger partial charge >= 0.3 is 0 Å². The van der Waals surface area contributed by atoms with Crippen LogP contribution in [0.3, 0.4) is 0 Å². The van der Waals surface area contributed by atoms with Crippen molar-refractivity contribution in [3.63, 3.8) is 0 Å². The highest BCUT2D eigenvalue weighted by Gasteiger charge is 2.54. The molecule has 3 aromatic carbocycles. The molecular weight excluding hydrogens is 504 g/mol. The number of likely N-dealkylation sites (tertiary alicyclic amines) is 1. The van der Waals surface area contributed by atoms with E-state index in [1.807, 2.05) is 90.7 Å². The molecule has 0 atom stereocenters. The van der Waals surface area contributed by atoms with E-state index in [-0.39, 0.29) is 24.3 Å². The van der Waals surface area contributed by atoms with E-state index >= 15 is 0 Å². The van der Waals surface area contributed by atoms with Gasteiger partial charge in [0.2, 0.25) is 5.91 Å². The highest BCUT2D eigenvalue weighted by Crippen LogP contribution is 2.39. The maximum absolute atomic E-state index is 13.9. The molecular formula is C32H36N4O4. The molecule has 8 heteroatoms. The van der Waals surface area contributed by atoms with Crippen LogP contribution in [-0.4, -0.2) is 73.0 Å². The number of hydrogen-bond acceptors (Lipinski definition) is 5. The summed E-state index contributed by atoms with van der Waals surface area (Å²) in [6.07, 6.45) is 1.64. The third-order valence-electron chi connectivity index (χ3n) is 8.00. The number of rotatable bonds is 8. The third-order valence-corrected chi connectivity index (χ3v) is 8.00. The van der Waals surface area contributed by atoms with Gasteiger partial charge in [-0.25, -0.2) is 0 Å². The summed E-state index contributed by atoms with van der Waals surface area (Å²) in [6, 6.07) is 25.2. The SMILES string of the molecule is COc1ccccc1CCNC(=O)CN1CN(c2ccccc2)C2(CCN(C(=O)c3ccc(C)cc3)CC2)C1=O. The first-order valence-corrected chi connectivity index (χ1v) is 13.8. The molecule has 0 bridgehead atoms. The maximum Gasteiger partial charge on any atom is 0.253 e. The molecule has 2 heterocycles. The molecule has 208 valence electrons. The fraction of sp³-hybridized carbons (Fsp3) is 0.344. The van der Waals surface area contributed by atoms with Gasteiger partial charge in [0.15, 0.2) is 0 Å². The van der Waals surface area contributed by atoms with Gasteiger partial charge in [-0.15, -0.1) is 0 Å². The molecule has 2 aliphatic rings. The summed E-state index contributed by atoms with van der Waals surface area (Å²) in [7, 11) is 1.63. The number of piperidine rings is 1. The predicted molar refractivity (Wildman–Crippen MR) is 154 cm³/mol. The van der Waals surface area contributed by atoms with Crippen molar-refractivity contribution in [3.05, 3.63) is 95.6 Å². The smallest absolute Gasteiger partial charge is 0.253 e. The van der Waals surface area contributed by atoms with Crippen LogP contribution < -0.4 is 15.0 Å². The second-order valence-electron chi connectivity index (χ2n) is 10.5. The second kappa shape index (κ2) is 11.8. The number of ether oxygens (including phenoxy) is 1. The minimum atomic E-state index is -0.789. The van der Waals surface area contributed by atoms with E-state index in [0.717, 1.165) is 22.6 Å². The van der Waals surface area contributed by atoms with E-state index in [0.29, 0.717) is 51.1 Å². The van der Waals surface area contributed by atoms with Crippen LogP contribution in [0.25, 0.3) is 0 Å². The van der Waals surface area contributed by atoms with Gasteiger partial charge in [0, 0.05) is 30.9 Å². The van der Waals surface area contributed by atoms with Crippen LogP contribution in [0.2, 0.25) is 0 Å². The lowest BCUT2D eigenvalue weighted by molar-refractivity contribution is -0.137. The number of aryl methyl sites for hydroxylation is 1. The number of methoxy groups -OCH3 is 1. The van der Waals surface area contributed by atoms with Gasteiger partial charge in [0.1, 0.15) is 17.8 Å². The zero-order valence-corrected chi connectivity index (χ0v) is 23.1. The normalized spacial score (nSPS) is 16.4. The summed E-state index contributed by atoms with van der Waals surface area (Å²) in [5, 5.41) is 2.96. The second-order valence-corrected chi connectivity index (χ2v) is 10.5. The van der Waals surface area contributed by atoms with Crippen LogP contribution >= 0.6 is 0 Å². The average Bonchev–Trinajstić information content (AvgIpc) is 3.24. The molecule has 3 amide bonds. The molecule has 1 N–H and O–H groups in total. The number of amides is 3. The largest absolute Gasteiger partial charge is 0.496 e. The summed E-state index contributed by atoms with van der Waals surface area (Å²) in [5.41, 5.74) is 2.93. The molecule has 0 radical (unpaired) electrons. The average molecular weight is 541 g/mol. The van der Waals surface area contributed by atoms with E-state index < -0.39 is 5.54 Å². The number of anilines is 1. The van der Waals surface area contributed by atoms with E-state index in [4.69, 9.17) is 4.74 Å². The van der Waals surface area contributed by atoms with Crippen LogP contribution in [0.5, 0.6) is 5.75 Å². The highest BCUT2D eigenvalue weighted by atomic mass is 16.5. The van der Waals surface area contributed by atoms with Crippen molar-refractivity contribution < 1.29 is 19.1 Å². The summed E-state index contributed by atoms with van der Waals surface area (Å²) in [5.74, 6) is 0.524. The van der Waals surface area contributed by atoms with E-state index in [2.05, 4.69) is 10.2 Å².